The molecule has 1 aromatic carbocycles. The SMILES string of the molecule is Fc1ccccc1-n1ncc2c(NC3CCNC3)ncnc21. The maximum atomic E-state index is 14.0. The molecule has 1 saturated heterocycles. The first-order valence-electron chi connectivity index (χ1n) is 7.24. The topological polar surface area (TPSA) is 67.7 Å². The quantitative estimate of drug-likeness (QED) is 0.771. The molecule has 1 aliphatic heterocycles. The van der Waals surface area contributed by atoms with Crippen LogP contribution in [-0.4, -0.2) is 38.9 Å². The number of nitrogens with zero attached hydrogens (tertiary/aromatic N) is 4. The van der Waals surface area contributed by atoms with E-state index < -0.39 is 0 Å². The van der Waals surface area contributed by atoms with Gasteiger partial charge in [-0.2, -0.15) is 5.10 Å². The number of hydrogen-bond donors (Lipinski definition) is 2. The van der Waals surface area contributed by atoms with E-state index in [1.807, 2.05) is 0 Å². The Labute approximate surface area is 126 Å². The number of para-hydroxylation sites is 1. The Kier molecular flexibility index (Phi) is 3.19. The number of benzene rings is 1. The van der Waals surface area contributed by atoms with Crippen LogP contribution in [0.4, 0.5) is 10.2 Å². The van der Waals surface area contributed by atoms with E-state index in [0.717, 1.165) is 30.7 Å². The molecule has 0 bridgehead atoms. The summed E-state index contributed by atoms with van der Waals surface area (Å²) in [5.41, 5.74) is 0.971. The number of rotatable bonds is 3. The summed E-state index contributed by atoms with van der Waals surface area (Å²) in [6, 6.07) is 6.86. The van der Waals surface area contributed by atoms with Crippen LogP contribution in [0, 0.1) is 5.82 Å². The maximum absolute atomic E-state index is 14.0. The summed E-state index contributed by atoms with van der Waals surface area (Å²) >= 11 is 0. The van der Waals surface area contributed by atoms with Gasteiger partial charge < -0.3 is 10.6 Å². The molecule has 4 rings (SSSR count). The van der Waals surface area contributed by atoms with E-state index in [9.17, 15) is 4.39 Å². The van der Waals surface area contributed by atoms with Gasteiger partial charge in [-0.05, 0) is 25.1 Å². The molecule has 1 unspecified atom stereocenters. The molecule has 1 fully saturated rings. The lowest BCUT2D eigenvalue weighted by molar-refractivity contribution is 0.612. The van der Waals surface area contributed by atoms with Gasteiger partial charge in [-0.15, -0.1) is 0 Å². The molecule has 6 nitrogen and oxygen atoms in total. The smallest absolute Gasteiger partial charge is 0.168 e. The van der Waals surface area contributed by atoms with Crippen molar-refractivity contribution in [3.05, 3.63) is 42.6 Å². The lowest BCUT2D eigenvalue weighted by Crippen LogP contribution is -2.22. The summed E-state index contributed by atoms with van der Waals surface area (Å²) in [7, 11) is 0. The van der Waals surface area contributed by atoms with Gasteiger partial charge in [0, 0.05) is 12.6 Å². The second kappa shape index (κ2) is 5.34. The van der Waals surface area contributed by atoms with Crippen molar-refractivity contribution in [2.24, 2.45) is 0 Å². The molecule has 3 aromatic rings. The molecule has 0 aliphatic carbocycles. The van der Waals surface area contributed by atoms with E-state index in [1.165, 1.54) is 17.1 Å². The zero-order chi connectivity index (χ0) is 14.9. The fourth-order valence-electron chi connectivity index (χ4n) is 2.73. The Morgan fingerprint density at radius 3 is 3.00 bits per heavy atom. The van der Waals surface area contributed by atoms with Crippen molar-refractivity contribution in [1.82, 2.24) is 25.1 Å². The van der Waals surface area contributed by atoms with Crippen molar-refractivity contribution in [2.75, 3.05) is 18.4 Å². The van der Waals surface area contributed by atoms with Crippen LogP contribution in [0.5, 0.6) is 0 Å². The molecule has 0 amide bonds. The summed E-state index contributed by atoms with van der Waals surface area (Å²) in [5.74, 6) is 0.405. The van der Waals surface area contributed by atoms with Crippen molar-refractivity contribution >= 4 is 16.9 Å². The minimum absolute atomic E-state index is 0.333. The Balaban J connectivity index is 1.78. The van der Waals surface area contributed by atoms with Crippen LogP contribution >= 0.6 is 0 Å². The lowest BCUT2D eigenvalue weighted by Gasteiger charge is -2.12. The molecular weight excluding hydrogens is 283 g/mol. The Morgan fingerprint density at radius 1 is 1.27 bits per heavy atom. The third-order valence-electron chi connectivity index (χ3n) is 3.85. The van der Waals surface area contributed by atoms with E-state index in [-0.39, 0.29) is 5.82 Å². The van der Waals surface area contributed by atoms with Crippen LogP contribution < -0.4 is 10.6 Å². The molecule has 1 atom stereocenters. The van der Waals surface area contributed by atoms with E-state index in [4.69, 9.17) is 0 Å². The van der Waals surface area contributed by atoms with Crippen LogP contribution in [-0.2, 0) is 0 Å². The van der Waals surface area contributed by atoms with Crippen molar-refractivity contribution in [3.63, 3.8) is 0 Å². The summed E-state index contributed by atoms with van der Waals surface area (Å²) in [4.78, 5) is 8.56. The number of aromatic nitrogens is 4. The minimum Gasteiger partial charge on any atom is -0.365 e. The number of hydrogen-bond acceptors (Lipinski definition) is 5. The van der Waals surface area contributed by atoms with Crippen molar-refractivity contribution in [3.8, 4) is 5.69 Å². The van der Waals surface area contributed by atoms with Gasteiger partial charge in [0.25, 0.3) is 0 Å². The Hall–Kier alpha value is -2.54. The highest BCUT2D eigenvalue weighted by molar-refractivity contribution is 5.87. The standard InChI is InChI=1S/C15H15FN6/c16-12-3-1-2-4-13(12)22-15-11(8-20-22)14(18-9-19-15)21-10-5-6-17-7-10/h1-4,8-10,17H,5-7H2,(H,18,19,21). The molecule has 22 heavy (non-hydrogen) atoms. The van der Waals surface area contributed by atoms with Gasteiger partial charge >= 0.3 is 0 Å². The molecule has 0 saturated carbocycles. The zero-order valence-electron chi connectivity index (χ0n) is 11.8. The van der Waals surface area contributed by atoms with Crippen molar-refractivity contribution in [1.29, 1.82) is 0 Å². The fourth-order valence-corrected chi connectivity index (χ4v) is 2.73. The van der Waals surface area contributed by atoms with Crippen LogP contribution in [0.25, 0.3) is 16.7 Å². The zero-order valence-corrected chi connectivity index (χ0v) is 11.8. The van der Waals surface area contributed by atoms with Crippen molar-refractivity contribution < 1.29 is 4.39 Å². The molecule has 1 aliphatic rings. The van der Waals surface area contributed by atoms with Gasteiger partial charge in [-0.3, -0.25) is 0 Å². The number of nitrogens with one attached hydrogen (secondary N) is 2. The molecule has 2 N–H and O–H groups in total. The Bertz CT molecular complexity index is 809. The summed E-state index contributed by atoms with van der Waals surface area (Å²) < 4.78 is 15.5. The first-order valence-corrected chi connectivity index (χ1v) is 7.24. The van der Waals surface area contributed by atoms with Gasteiger partial charge in [-0.25, -0.2) is 19.0 Å². The molecule has 3 heterocycles. The minimum atomic E-state index is -0.333. The first-order chi connectivity index (χ1) is 10.8. The van der Waals surface area contributed by atoms with E-state index in [2.05, 4.69) is 25.7 Å². The van der Waals surface area contributed by atoms with Crippen LogP contribution in [0.3, 0.4) is 0 Å². The number of halogens is 1. The molecule has 7 heteroatoms. The van der Waals surface area contributed by atoms with E-state index in [1.54, 1.807) is 24.4 Å². The number of anilines is 1. The highest BCUT2D eigenvalue weighted by atomic mass is 19.1. The van der Waals surface area contributed by atoms with Crippen molar-refractivity contribution in [2.45, 2.75) is 12.5 Å². The summed E-state index contributed by atoms with van der Waals surface area (Å²) in [6.07, 6.45) is 4.20. The normalized spacial score (nSPS) is 18.0. The monoisotopic (exact) mass is 298 g/mol. The average molecular weight is 298 g/mol. The molecular formula is C15H15FN6. The number of fused-ring (bicyclic) bond motifs is 1. The predicted octanol–water partition coefficient (Wildman–Crippen LogP) is 1.73. The average Bonchev–Trinajstić information content (AvgIpc) is 3.18. The summed E-state index contributed by atoms with van der Waals surface area (Å²) in [6.45, 7) is 1.91. The van der Waals surface area contributed by atoms with Crippen LogP contribution in [0.15, 0.2) is 36.8 Å². The fraction of sp³-hybridized carbons (Fsp3) is 0.267. The molecule has 0 radical (unpaired) electrons. The lowest BCUT2D eigenvalue weighted by atomic mass is 10.2. The highest BCUT2D eigenvalue weighted by Gasteiger charge is 2.18. The molecule has 0 spiro atoms. The Morgan fingerprint density at radius 2 is 2.18 bits per heavy atom. The molecule has 112 valence electrons. The maximum Gasteiger partial charge on any atom is 0.168 e. The largest absolute Gasteiger partial charge is 0.365 e. The van der Waals surface area contributed by atoms with Gasteiger partial charge in [0.1, 0.15) is 23.6 Å². The van der Waals surface area contributed by atoms with Gasteiger partial charge in [0.05, 0.1) is 11.6 Å². The first kappa shape index (κ1) is 13.1. The third kappa shape index (κ3) is 2.19. The van der Waals surface area contributed by atoms with Crippen LogP contribution in [0.1, 0.15) is 6.42 Å². The van der Waals surface area contributed by atoms with Crippen LogP contribution in [0.2, 0.25) is 0 Å². The summed E-state index contributed by atoms with van der Waals surface area (Å²) in [5, 5.41) is 11.8. The highest BCUT2D eigenvalue weighted by Crippen LogP contribution is 2.23. The van der Waals surface area contributed by atoms with Gasteiger partial charge in [0.15, 0.2) is 5.65 Å². The second-order valence-electron chi connectivity index (χ2n) is 5.30. The third-order valence-corrected chi connectivity index (χ3v) is 3.85. The van der Waals surface area contributed by atoms with E-state index >= 15 is 0 Å². The van der Waals surface area contributed by atoms with E-state index in [0.29, 0.717) is 17.4 Å². The second-order valence-corrected chi connectivity index (χ2v) is 5.30. The van der Waals surface area contributed by atoms with Gasteiger partial charge in [0.2, 0.25) is 0 Å². The van der Waals surface area contributed by atoms with Gasteiger partial charge in [-0.1, -0.05) is 12.1 Å². The predicted molar refractivity (Wildman–Crippen MR) is 81.5 cm³/mol. The molecule has 2 aromatic heterocycles.